The monoisotopic (exact) mass is 364 g/mol. The number of carbonyl (C=O) groups is 2. The van der Waals surface area contributed by atoms with Gasteiger partial charge < -0.3 is 4.42 Å². The molecule has 2 aromatic carbocycles. The summed E-state index contributed by atoms with van der Waals surface area (Å²) < 4.78 is 5.58. The molecule has 0 atom stereocenters. The molecule has 1 heterocycles. The lowest BCUT2D eigenvalue weighted by Crippen LogP contribution is -2.41. The lowest BCUT2D eigenvalue weighted by molar-refractivity contribution is -0.121. The Morgan fingerprint density at radius 3 is 2.19 bits per heavy atom. The van der Waals surface area contributed by atoms with E-state index in [1.807, 2.05) is 50.2 Å². The molecule has 0 fully saturated rings. The van der Waals surface area contributed by atoms with Crippen LogP contribution in [0.4, 0.5) is 0 Å². The van der Waals surface area contributed by atoms with Crippen LogP contribution < -0.4 is 10.9 Å². The molecule has 0 aliphatic rings. The van der Waals surface area contributed by atoms with Gasteiger partial charge in [-0.15, -0.1) is 10.2 Å². The third-order valence-electron chi connectivity index (χ3n) is 3.96. The van der Waals surface area contributed by atoms with E-state index in [1.165, 1.54) is 0 Å². The van der Waals surface area contributed by atoms with E-state index in [2.05, 4.69) is 21.0 Å². The van der Waals surface area contributed by atoms with Crippen LogP contribution in [0.25, 0.3) is 11.5 Å². The van der Waals surface area contributed by atoms with Crippen LogP contribution in [-0.2, 0) is 11.2 Å². The molecule has 0 unspecified atom stereocenters. The highest BCUT2D eigenvalue weighted by atomic mass is 16.4. The Hall–Kier alpha value is -3.48. The molecule has 1 aromatic heterocycles. The van der Waals surface area contributed by atoms with Crippen LogP contribution >= 0.6 is 0 Å². The first-order valence-corrected chi connectivity index (χ1v) is 8.56. The van der Waals surface area contributed by atoms with Gasteiger partial charge in [-0.2, -0.15) is 0 Å². The molecular formula is C20H20N4O3. The first-order chi connectivity index (χ1) is 13.0. The van der Waals surface area contributed by atoms with Gasteiger partial charge in [-0.3, -0.25) is 20.4 Å². The molecule has 7 nitrogen and oxygen atoms in total. The minimum atomic E-state index is -0.372. The molecule has 2 amide bonds. The van der Waals surface area contributed by atoms with E-state index in [0.29, 0.717) is 17.3 Å². The summed E-state index contributed by atoms with van der Waals surface area (Å²) in [4.78, 5) is 23.9. The van der Waals surface area contributed by atoms with Gasteiger partial charge in [0.15, 0.2) is 0 Å². The molecule has 0 aliphatic carbocycles. The van der Waals surface area contributed by atoms with Crippen molar-refractivity contribution in [3.63, 3.8) is 0 Å². The second-order valence-electron chi connectivity index (χ2n) is 6.24. The van der Waals surface area contributed by atoms with Gasteiger partial charge in [0.2, 0.25) is 17.7 Å². The largest absolute Gasteiger partial charge is 0.421 e. The van der Waals surface area contributed by atoms with Gasteiger partial charge in [-0.25, -0.2) is 0 Å². The SMILES string of the molecule is Cc1ccc(C(=O)NNC(=O)CCc2nnc(-c3ccc(C)cc3)o2)cc1. The first kappa shape index (κ1) is 18.3. The normalized spacial score (nSPS) is 10.4. The zero-order valence-corrected chi connectivity index (χ0v) is 15.2. The lowest BCUT2D eigenvalue weighted by atomic mass is 10.1. The minimum Gasteiger partial charge on any atom is -0.421 e. The maximum Gasteiger partial charge on any atom is 0.269 e. The van der Waals surface area contributed by atoms with Crippen LogP contribution in [0.5, 0.6) is 0 Å². The molecule has 0 bridgehead atoms. The fraction of sp³-hybridized carbons (Fsp3) is 0.200. The average Bonchev–Trinajstić information content (AvgIpc) is 3.14. The van der Waals surface area contributed by atoms with Crippen molar-refractivity contribution in [2.24, 2.45) is 0 Å². The molecule has 3 aromatic rings. The number of nitrogens with zero attached hydrogens (tertiary/aromatic N) is 2. The lowest BCUT2D eigenvalue weighted by Gasteiger charge is -2.06. The fourth-order valence-corrected chi connectivity index (χ4v) is 2.35. The Balaban J connectivity index is 1.47. The van der Waals surface area contributed by atoms with E-state index in [1.54, 1.807) is 12.1 Å². The van der Waals surface area contributed by atoms with Crippen LogP contribution in [0.2, 0.25) is 0 Å². The Morgan fingerprint density at radius 2 is 1.52 bits per heavy atom. The molecule has 0 aliphatic heterocycles. The van der Waals surface area contributed by atoms with Crippen molar-refractivity contribution in [3.05, 3.63) is 71.1 Å². The van der Waals surface area contributed by atoms with Gasteiger partial charge in [0, 0.05) is 24.0 Å². The molecule has 0 saturated heterocycles. The zero-order valence-electron chi connectivity index (χ0n) is 15.2. The van der Waals surface area contributed by atoms with E-state index < -0.39 is 0 Å². The predicted molar refractivity (Wildman–Crippen MR) is 99.6 cm³/mol. The van der Waals surface area contributed by atoms with E-state index in [4.69, 9.17) is 4.42 Å². The third-order valence-corrected chi connectivity index (χ3v) is 3.96. The summed E-state index contributed by atoms with van der Waals surface area (Å²) in [6.07, 6.45) is 0.398. The molecular weight excluding hydrogens is 344 g/mol. The highest BCUT2D eigenvalue weighted by molar-refractivity contribution is 5.95. The topological polar surface area (TPSA) is 97.1 Å². The summed E-state index contributed by atoms with van der Waals surface area (Å²) in [5.74, 6) is 0.0667. The van der Waals surface area contributed by atoms with Crippen molar-refractivity contribution < 1.29 is 14.0 Å². The maximum atomic E-state index is 12.0. The van der Waals surface area contributed by atoms with Gasteiger partial charge in [-0.05, 0) is 38.1 Å². The first-order valence-electron chi connectivity index (χ1n) is 8.56. The summed E-state index contributed by atoms with van der Waals surface area (Å²) in [5, 5.41) is 7.95. The summed E-state index contributed by atoms with van der Waals surface area (Å²) >= 11 is 0. The number of aryl methyl sites for hydroxylation is 3. The van der Waals surface area contributed by atoms with Crippen molar-refractivity contribution in [1.29, 1.82) is 0 Å². The molecule has 138 valence electrons. The Bertz CT molecular complexity index is 931. The second kappa shape index (κ2) is 8.27. The van der Waals surface area contributed by atoms with Crippen LogP contribution in [0.1, 0.15) is 33.8 Å². The summed E-state index contributed by atoms with van der Waals surface area (Å²) in [6.45, 7) is 3.93. The minimum absolute atomic E-state index is 0.115. The van der Waals surface area contributed by atoms with Crippen LogP contribution in [-0.4, -0.2) is 22.0 Å². The quantitative estimate of drug-likeness (QED) is 0.679. The highest BCUT2D eigenvalue weighted by Gasteiger charge is 2.11. The number of hydrazine groups is 1. The van der Waals surface area contributed by atoms with Gasteiger partial charge >= 0.3 is 0 Å². The molecule has 0 radical (unpaired) electrons. The maximum absolute atomic E-state index is 12.0. The number of rotatable bonds is 5. The molecule has 3 rings (SSSR count). The number of hydrogen-bond acceptors (Lipinski definition) is 5. The zero-order chi connectivity index (χ0) is 19.2. The van der Waals surface area contributed by atoms with Gasteiger partial charge in [0.1, 0.15) is 0 Å². The number of aromatic nitrogens is 2. The van der Waals surface area contributed by atoms with Crippen LogP contribution in [0.15, 0.2) is 52.9 Å². The number of hydrogen-bond donors (Lipinski definition) is 2. The number of carbonyl (C=O) groups excluding carboxylic acids is 2. The smallest absolute Gasteiger partial charge is 0.269 e. The number of amides is 2. The van der Waals surface area contributed by atoms with E-state index in [9.17, 15) is 9.59 Å². The van der Waals surface area contributed by atoms with Crippen molar-refractivity contribution >= 4 is 11.8 Å². The van der Waals surface area contributed by atoms with Gasteiger partial charge in [0.05, 0.1) is 0 Å². The van der Waals surface area contributed by atoms with E-state index in [-0.39, 0.29) is 24.7 Å². The van der Waals surface area contributed by atoms with E-state index >= 15 is 0 Å². The molecule has 0 saturated carbocycles. The Morgan fingerprint density at radius 1 is 0.889 bits per heavy atom. The van der Waals surface area contributed by atoms with E-state index in [0.717, 1.165) is 16.7 Å². The summed E-state index contributed by atoms with van der Waals surface area (Å²) in [6, 6.07) is 14.8. The summed E-state index contributed by atoms with van der Waals surface area (Å²) in [7, 11) is 0. The van der Waals surface area contributed by atoms with Crippen molar-refractivity contribution in [3.8, 4) is 11.5 Å². The van der Waals surface area contributed by atoms with Crippen molar-refractivity contribution in [1.82, 2.24) is 21.0 Å². The van der Waals surface area contributed by atoms with Crippen LogP contribution in [0, 0.1) is 13.8 Å². The average molecular weight is 364 g/mol. The van der Waals surface area contributed by atoms with Gasteiger partial charge in [-0.1, -0.05) is 35.4 Å². The van der Waals surface area contributed by atoms with Crippen molar-refractivity contribution in [2.45, 2.75) is 26.7 Å². The highest BCUT2D eigenvalue weighted by Crippen LogP contribution is 2.18. The molecule has 2 N–H and O–H groups in total. The van der Waals surface area contributed by atoms with Crippen LogP contribution in [0.3, 0.4) is 0 Å². The molecule has 27 heavy (non-hydrogen) atoms. The predicted octanol–water partition coefficient (Wildman–Crippen LogP) is 2.75. The summed E-state index contributed by atoms with van der Waals surface area (Å²) in [5.41, 5.74) is 8.27. The standard InChI is InChI=1S/C20H20N4O3/c1-13-3-7-15(8-4-13)19(26)23-21-17(25)11-12-18-22-24-20(27-18)16-9-5-14(2)6-10-16/h3-10H,11-12H2,1-2H3,(H,21,25)(H,23,26). The Labute approximate surface area is 156 Å². The Kier molecular flexibility index (Phi) is 5.61. The number of benzene rings is 2. The second-order valence-corrected chi connectivity index (χ2v) is 6.24. The van der Waals surface area contributed by atoms with Crippen molar-refractivity contribution in [2.75, 3.05) is 0 Å². The molecule has 7 heteroatoms. The third kappa shape index (κ3) is 5.01. The van der Waals surface area contributed by atoms with Gasteiger partial charge in [0.25, 0.3) is 5.91 Å². The fourth-order valence-electron chi connectivity index (χ4n) is 2.35. The number of nitrogens with one attached hydrogen (secondary N) is 2. The molecule has 0 spiro atoms.